The molecule has 0 aliphatic carbocycles. The predicted octanol–water partition coefficient (Wildman–Crippen LogP) is 2.84. The first-order valence-electron chi connectivity index (χ1n) is 9.38. The molecule has 1 atom stereocenters. The van der Waals surface area contributed by atoms with Gasteiger partial charge >= 0.3 is 0 Å². The van der Waals surface area contributed by atoms with E-state index in [4.69, 9.17) is 24.9 Å². The molecule has 0 unspecified atom stereocenters. The van der Waals surface area contributed by atoms with Gasteiger partial charge in [-0.1, -0.05) is 17.9 Å². The van der Waals surface area contributed by atoms with Gasteiger partial charge in [0, 0.05) is 41.8 Å². The highest BCUT2D eigenvalue weighted by atomic mass is 16.5. The lowest BCUT2D eigenvalue weighted by atomic mass is 9.80. The maximum absolute atomic E-state index is 6.20. The van der Waals surface area contributed by atoms with Crippen molar-refractivity contribution < 1.29 is 14.2 Å². The molecule has 148 valence electrons. The number of amidine groups is 1. The molecular weight excluding hydrogens is 380 g/mol. The van der Waals surface area contributed by atoms with Crippen LogP contribution in [0.3, 0.4) is 0 Å². The Morgan fingerprint density at radius 1 is 1.07 bits per heavy atom. The highest BCUT2D eigenvalue weighted by Crippen LogP contribution is 2.51. The van der Waals surface area contributed by atoms with Crippen LogP contribution in [0.4, 0.5) is 0 Å². The van der Waals surface area contributed by atoms with Gasteiger partial charge in [0.2, 0.25) is 0 Å². The Morgan fingerprint density at radius 2 is 1.83 bits per heavy atom. The molecule has 2 aliphatic heterocycles. The van der Waals surface area contributed by atoms with Gasteiger partial charge in [0.05, 0.1) is 0 Å². The summed E-state index contributed by atoms with van der Waals surface area (Å²) in [5.41, 5.74) is 9.58. The minimum atomic E-state index is -0.808. The summed E-state index contributed by atoms with van der Waals surface area (Å²) in [7, 11) is 1.62. The number of benzene rings is 2. The van der Waals surface area contributed by atoms with Gasteiger partial charge in [-0.2, -0.15) is 0 Å². The van der Waals surface area contributed by atoms with Gasteiger partial charge in [0.1, 0.15) is 31.0 Å². The summed E-state index contributed by atoms with van der Waals surface area (Å²) < 4.78 is 16.9. The van der Waals surface area contributed by atoms with Crippen molar-refractivity contribution >= 4 is 6.02 Å². The molecule has 2 N–H and O–H groups in total. The SMILES string of the molecule is COCC#Cc1ccc2c(c1)[C@]1(COC(N)=N1)c1cc(-c3cncnc3)ccc1O2. The van der Waals surface area contributed by atoms with Crippen LogP contribution in [-0.4, -0.2) is 36.3 Å². The van der Waals surface area contributed by atoms with E-state index >= 15 is 0 Å². The lowest BCUT2D eigenvalue weighted by Gasteiger charge is -2.33. The highest BCUT2D eigenvalue weighted by Gasteiger charge is 2.47. The van der Waals surface area contributed by atoms with E-state index in [0.29, 0.717) is 18.1 Å². The van der Waals surface area contributed by atoms with Crippen molar-refractivity contribution in [2.75, 3.05) is 20.3 Å². The number of hydrogen-bond donors (Lipinski definition) is 1. The molecule has 0 bridgehead atoms. The number of rotatable bonds is 2. The zero-order valence-corrected chi connectivity index (χ0v) is 16.3. The number of nitrogens with zero attached hydrogens (tertiary/aromatic N) is 3. The molecule has 5 rings (SSSR count). The third kappa shape index (κ3) is 2.95. The van der Waals surface area contributed by atoms with Gasteiger partial charge in [-0.15, -0.1) is 0 Å². The lowest BCUT2D eigenvalue weighted by molar-refractivity contribution is 0.240. The zero-order valence-electron chi connectivity index (χ0n) is 16.3. The number of ether oxygens (including phenoxy) is 3. The Labute approximate surface area is 173 Å². The minimum absolute atomic E-state index is 0.151. The zero-order chi connectivity index (χ0) is 20.6. The van der Waals surface area contributed by atoms with Crippen LogP contribution >= 0.6 is 0 Å². The van der Waals surface area contributed by atoms with Crippen LogP contribution in [0, 0.1) is 11.8 Å². The van der Waals surface area contributed by atoms with Gasteiger partial charge < -0.3 is 19.9 Å². The molecule has 0 amide bonds. The first-order chi connectivity index (χ1) is 14.7. The van der Waals surface area contributed by atoms with Crippen LogP contribution in [0.25, 0.3) is 11.1 Å². The summed E-state index contributed by atoms with van der Waals surface area (Å²) in [6.07, 6.45) is 5.04. The molecule has 2 aromatic carbocycles. The van der Waals surface area contributed by atoms with E-state index in [0.717, 1.165) is 27.8 Å². The summed E-state index contributed by atoms with van der Waals surface area (Å²) in [5.74, 6) is 7.50. The Hall–Kier alpha value is -3.89. The Bertz CT molecular complexity index is 1210. The fraction of sp³-hybridized carbons (Fsp3) is 0.174. The van der Waals surface area contributed by atoms with Gasteiger partial charge in [0.15, 0.2) is 5.54 Å². The van der Waals surface area contributed by atoms with Crippen molar-refractivity contribution in [2.24, 2.45) is 10.7 Å². The van der Waals surface area contributed by atoms with Crippen molar-refractivity contribution in [1.29, 1.82) is 0 Å². The molecule has 3 heterocycles. The van der Waals surface area contributed by atoms with E-state index in [9.17, 15) is 0 Å². The molecule has 0 saturated carbocycles. The number of fused-ring (bicyclic) bond motifs is 4. The van der Waals surface area contributed by atoms with Gasteiger partial charge in [-0.25, -0.2) is 15.0 Å². The summed E-state index contributed by atoms with van der Waals surface area (Å²) in [4.78, 5) is 13.0. The van der Waals surface area contributed by atoms with Gasteiger partial charge in [-0.3, -0.25) is 0 Å². The molecule has 1 spiro atoms. The number of methoxy groups -OCH3 is 1. The Morgan fingerprint density at radius 3 is 2.57 bits per heavy atom. The molecule has 3 aromatic rings. The van der Waals surface area contributed by atoms with Crippen LogP contribution in [0.15, 0.2) is 60.1 Å². The van der Waals surface area contributed by atoms with Crippen molar-refractivity contribution in [3.05, 3.63) is 71.8 Å². The average molecular weight is 398 g/mol. The Balaban J connectivity index is 1.68. The van der Waals surface area contributed by atoms with Crippen LogP contribution in [-0.2, 0) is 15.0 Å². The molecule has 0 saturated heterocycles. The van der Waals surface area contributed by atoms with Crippen molar-refractivity contribution in [3.8, 4) is 34.5 Å². The van der Waals surface area contributed by atoms with Crippen molar-refractivity contribution in [2.45, 2.75) is 5.54 Å². The first kappa shape index (κ1) is 18.2. The highest BCUT2D eigenvalue weighted by molar-refractivity contribution is 5.78. The molecule has 0 radical (unpaired) electrons. The smallest absolute Gasteiger partial charge is 0.283 e. The Kier molecular flexibility index (Phi) is 4.34. The number of hydrogen-bond acceptors (Lipinski definition) is 7. The van der Waals surface area contributed by atoms with E-state index in [1.165, 1.54) is 6.33 Å². The third-order valence-corrected chi connectivity index (χ3v) is 5.14. The molecular formula is C23H18N4O3. The quantitative estimate of drug-likeness (QED) is 0.668. The van der Waals surface area contributed by atoms with Crippen molar-refractivity contribution in [1.82, 2.24) is 9.97 Å². The maximum Gasteiger partial charge on any atom is 0.283 e. The standard InChI is InChI=1S/C23H18N4O3/c1-28-8-2-3-15-4-6-20-18(9-15)23(13-29-22(24)27-23)19-10-16(5-7-21(19)30-20)17-11-25-14-26-12-17/h4-7,9-12,14H,8,13H2,1H3,(H2,24,27)/t23-/m1/s1. The van der Waals surface area contributed by atoms with Gasteiger partial charge in [-0.05, 0) is 35.9 Å². The van der Waals surface area contributed by atoms with E-state index in [1.54, 1.807) is 19.5 Å². The largest absolute Gasteiger partial charge is 0.462 e. The molecule has 7 nitrogen and oxygen atoms in total. The molecule has 30 heavy (non-hydrogen) atoms. The van der Waals surface area contributed by atoms with Gasteiger partial charge in [0.25, 0.3) is 6.02 Å². The second kappa shape index (κ2) is 7.17. The molecule has 2 aliphatic rings. The van der Waals surface area contributed by atoms with E-state index in [-0.39, 0.29) is 12.6 Å². The molecule has 7 heteroatoms. The minimum Gasteiger partial charge on any atom is -0.462 e. The first-order valence-corrected chi connectivity index (χ1v) is 9.38. The van der Waals surface area contributed by atoms with Crippen LogP contribution < -0.4 is 10.5 Å². The topological polar surface area (TPSA) is 91.9 Å². The van der Waals surface area contributed by atoms with E-state index < -0.39 is 5.54 Å². The normalized spacial score (nSPS) is 18.4. The van der Waals surface area contributed by atoms with E-state index in [2.05, 4.69) is 21.8 Å². The number of aliphatic imine (C=N–C) groups is 1. The summed E-state index contributed by atoms with van der Waals surface area (Å²) >= 11 is 0. The maximum atomic E-state index is 6.20. The third-order valence-electron chi connectivity index (χ3n) is 5.14. The summed E-state index contributed by atoms with van der Waals surface area (Å²) in [5, 5.41) is 0. The second-order valence-corrected chi connectivity index (χ2v) is 6.98. The summed E-state index contributed by atoms with van der Waals surface area (Å²) in [6, 6.07) is 11.9. The molecule has 1 aromatic heterocycles. The van der Waals surface area contributed by atoms with Crippen LogP contribution in [0.5, 0.6) is 11.5 Å². The average Bonchev–Trinajstić information content (AvgIpc) is 3.17. The fourth-order valence-corrected chi connectivity index (χ4v) is 3.77. The predicted molar refractivity (Wildman–Crippen MR) is 111 cm³/mol. The number of aromatic nitrogens is 2. The molecule has 0 fully saturated rings. The monoisotopic (exact) mass is 398 g/mol. The van der Waals surface area contributed by atoms with Crippen LogP contribution in [0.2, 0.25) is 0 Å². The number of nitrogens with two attached hydrogens (primary N) is 1. The van der Waals surface area contributed by atoms with E-state index in [1.807, 2.05) is 36.4 Å². The fourth-order valence-electron chi connectivity index (χ4n) is 3.77. The summed E-state index contributed by atoms with van der Waals surface area (Å²) in [6.45, 7) is 0.643. The van der Waals surface area contributed by atoms with Crippen LogP contribution in [0.1, 0.15) is 16.7 Å². The van der Waals surface area contributed by atoms with Crippen molar-refractivity contribution in [3.63, 3.8) is 0 Å². The second-order valence-electron chi connectivity index (χ2n) is 6.98. The lowest BCUT2D eigenvalue weighted by Crippen LogP contribution is -2.31.